The van der Waals surface area contributed by atoms with Gasteiger partial charge in [-0.25, -0.2) is 13.9 Å². The van der Waals surface area contributed by atoms with Gasteiger partial charge in [0.25, 0.3) is 5.91 Å². The van der Waals surface area contributed by atoms with Crippen molar-refractivity contribution < 1.29 is 31.8 Å². The van der Waals surface area contributed by atoms with Gasteiger partial charge in [-0.1, -0.05) is 12.1 Å². The van der Waals surface area contributed by atoms with E-state index < -0.39 is 30.7 Å². The highest BCUT2D eigenvalue weighted by Gasteiger charge is 2.44. The first-order valence-corrected chi connectivity index (χ1v) is 12.2. The second kappa shape index (κ2) is 10.2. The molecular weight excluding hydrogens is 518 g/mol. The minimum atomic E-state index is -4.34. The van der Waals surface area contributed by atoms with Gasteiger partial charge < -0.3 is 20.1 Å². The van der Waals surface area contributed by atoms with Crippen LogP contribution in [0.5, 0.6) is 11.6 Å². The van der Waals surface area contributed by atoms with Gasteiger partial charge in [0.05, 0.1) is 24.0 Å². The minimum Gasteiger partial charge on any atom is -0.437 e. The summed E-state index contributed by atoms with van der Waals surface area (Å²) in [6.07, 6.45) is -2.29. The fraction of sp³-hybridized carbons (Fsp3) is 0.296. The van der Waals surface area contributed by atoms with E-state index in [0.717, 1.165) is 12.8 Å². The van der Waals surface area contributed by atoms with Crippen LogP contribution < -0.4 is 15.4 Å². The van der Waals surface area contributed by atoms with Crippen molar-refractivity contribution in [1.82, 2.24) is 19.9 Å². The largest absolute Gasteiger partial charge is 0.437 e. The molecule has 2 aromatic carbocycles. The molecule has 0 radical (unpaired) electrons. The summed E-state index contributed by atoms with van der Waals surface area (Å²) in [5.41, 5.74) is 2.29. The van der Waals surface area contributed by atoms with E-state index >= 15 is 0 Å². The SMILES string of the molecule is COC1(NC(=O)c2ccc(-c3cn4nc(Oc5cccc(F)c5)cc(NCCC(F)(F)F)c4n3)cc2C)CC1. The van der Waals surface area contributed by atoms with Gasteiger partial charge in [0.2, 0.25) is 5.88 Å². The van der Waals surface area contributed by atoms with Crippen LogP contribution >= 0.6 is 0 Å². The predicted octanol–water partition coefficient (Wildman–Crippen LogP) is 5.87. The highest BCUT2D eigenvalue weighted by molar-refractivity contribution is 5.96. The predicted molar refractivity (Wildman–Crippen MR) is 135 cm³/mol. The summed E-state index contributed by atoms with van der Waals surface area (Å²) in [6, 6.07) is 12.0. The molecule has 1 fully saturated rings. The first-order valence-electron chi connectivity index (χ1n) is 12.2. The van der Waals surface area contributed by atoms with Crippen molar-refractivity contribution in [3.8, 4) is 22.9 Å². The zero-order chi connectivity index (χ0) is 27.8. The monoisotopic (exact) mass is 543 g/mol. The number of amides is 1. The third-order valence-electron chi connectivity index (χ3n) is 6.35. The zero-order valence-electron chi connectivity index (χ0n) is 21.1. The average Bonchev–Trinajstić information content (AvgIpc) is 3.50. The summed E-state index contributed by atoms with van der Waals surface area (Å²) in [6.45, 7) is 1.41. The number of aromatic nitrogens is 3. The molecule has 0 bridgehead atoms. The molecule has 4 aromatic rings. The van der Waals surface area contributed by atoms with Crippen LogP contribution in [-0.2, 0) is 4.74 Å². The number of fused-ring (bicyclic) bond motifs is 1. The van der Waals surface area contributed by atoms with Crippen LogP contribution in [0.3, 0.4) is 0 Å². The Hall–Kier alpha value is -4.19. The average molecular weight is 544 g/mol. The highest BCUT2D eigenvalue weighted by Crippen LogP contribution is 2.36. The number of nitrogens with one attached hydrogen (secondary N) is 2. The van der Waals surface area contributed by atoms with E-state index in [9.17, 15) is 22.4 Å². The number of carbonyl (C=O) groups is 1. The van der Waals surface area contributed by atoms with Crippen molar-refractivity contribution in [1.29, 1.82) is 0 Å². The lowest BCUT2D eigenvalue weighted by molar-refractivity contribution is -0.131. The molecule has 1 saturated carbocycles. The molecule has 8 nitrogen and oxygen atoms in total. The molecule has 5 rings (SSSR count). The lowest BCUT2D eigenvalue weighted by atomic mass is 10.0. The van der Waals surface area contributed by atoms with E-state index in [1.54, 1.807) is 38.4 Å². The number of anilines is 1. The molecule has 0 aliphatic heterocycles. The van der Waals surface area contributed by atoms with Gasteiger partial charge in [-0.3, -0.25) is 4.79 Å². The van der Waals surface area contributed by atoms with E-state index in [2.05, 4.69) is 20.7 Å². The second-order valence-corrected chi connectivity index (χ2v) is 9.32. The van der Waals surface area contributed by atoms with Crippen LogP contribution in [-0.4, -0.2) is 46.1 Å². The van der Waals surface area contributed by atoms with Gasteiger partial charge >= 0.3 is 6.18 Å². The lowest BCUT2D eigenvalue weighted by Gasteiger charge is -2.16. The number of imidazole rings is 1. The zero-order valence-corrected chi connectivity index (χ0v) is 21.1. The number of alkyl halides is 3. The first-order chi connectivity index (χ1) is 18.5. The third-order valence-corrected chi connectivity index (χ3v) is 6.35. The first kappa shape index (κ1) is 26.4. The number of ether oxygens (including phenoxy) is 2. The Balaban J connectivity index is 1.46. The molecule has 1 aliphatic rings. The number of halogens is 4. The van der Waals surface area contributed by atoms with Gasteiger partial charge in [-0.2, -0.15) is 13.2 Å². The fourth-order valence-corrected chi connectivity index (χ4v) is 4.11. The molecule has 204 valence electrons. The summed E-state index contributed by atoms with van der Waals surface area (Å²) in [4.78, 5) is 17.3. The maximum absolute atomic E-state index is 13.6. The Labute approximate surface area is 221 Å². The molecule has 0 unspecified atom stereocenters. The maximum Gasteiger partial charge on any atom is 0.390 e. The van der Waals surface area contributed by atoms with E-state index in [-0.39, 0.29) is 28.9 Å². The highest BCUT2D eigenvalue weighted by atomic mass is 19.4. The molecule has 2 N–H and O–H groups in total. The topological polar surface area (TPSA) is 89.8 Å². The Morgan fingerprint density at radius 3 is 2.62 bits per heavy atom. The summed E-state index contributed by atoms with van der Waals surface area (Å²) in [5.74, 6) is -0.550. The van der Waals surface area contributed by atoms with E-state index in [0.29, 0.717) is 22.4 Å². The van der Waals surface area contributed by atoms with Gasteiger partial charge in [-0.05, 0) is 49.6 Å². The van der Waals surface area contributed by atoms with Crippen molar-refractivity contribution >= 4 is 17.2 Å². The molecule has 1 aliphatic carbocycles. The molecule has 1 amide bonds. The Morgan fingerprint density at radius 1 is 1.15 bits per heavy atom. The Kier molecular flexibility index (Phi) is 6.89. The Morgan fingerprint density at radius 2 is 1.95 bits per heavy atom. The van der Waals surface area contributed by atoms with Crippen molar-refractivity contribution in [2.75, 3.05) is 19.0 Å². The van der Waals surface area contributed by atoms with Crippen LogP contribution in [0.25, 0.3) is 16.9 Å². The molecule has 2 heterocycles. The van der Waals surface area contributed by atoms with Gasteiger partial charge in [0.1, 0.15) is 17.3 Å². The smallest absolute Gasteiger partial charge is 0.390 e. The van der Waals surface area contributed by atoms with Crippen LogP contribution in [0.2, 0.25) is 0 Å². The summed E-state index contributed by atoms with van der Waals surface area (Å²) < 4.78 is 64.4. The molecule has 2 aromatic heterocycles. The van der Waals surface area contributed by atoms with Crippen molar-refractivity contribution in [2.45, 2.75) is 38.1 Å². The summed E-state index contributed by atoms with van der Waals surface area (Å²) in [7, 11) is 1.56. The van der Waals surface area contributed by atoms with Crippen LogP contribution in [0.4, 0.5) is 23.2 Å². The van der Waals surface area contributed by atoms with Gasteiger partial charge in [0, 0.05) is 36.9 Å². The maximum atomic E-state index is 13.6. The molecule has 12 heteroatoms. The number of nitrogens with zero attached hydrogens (tertiary/aromatic N) is 3. The summed E-state index contributed by atoms with van der Waals surface area (Å²) >= 11 is 0. The standard InChI is InChI=1S/C27H25F4N5O3/c1-16-12-17(6-7-20(16)25(37)34-26(38-2)8-9-26)22-15-36-24(33-22)21(32-11-10-27(29,30)31)14-23(35-36)39-19-5-3-4-18(28)13-19/h3-7,12-15,32H,8-11H2,1-2H3,(H,34,37). The quantitative estimate of drug-likeness (QED) is 0.203. The lowest BCUT2D eigenvalue weighted by Crippen LogP contribution is -2.38. The van der Waals surface area contributed by atoms with E-state index in [1.807, 2.05) is 0 Å². The second-order valence-electron chi connectivity index (χ2n) is 9.32. The van der Waals surface area contributed by atoms with Crippen molar-refractivity contribution in [3.63, 3.8) is 0 Å². The third kappa shape index (κ3) is 6.11. The molecule has 0 saturated heterocycles. The van der Waals surface area contributed by atoms with Crippen molar-refractivity contribution in [2.24, 2.45) is 0 Å². The Bertz CT molecular complexity index is 1530. The van der Waals surface area contributed by atoms with Gasteiger partial charge in [-0.15, -0.1) is 5.10 Å². The van der Waals surface area contributed by atoms with Crippen LogP contribution in [0, 0.1) is 12.7 Å². The number of hydrogen-bond donors (Lipinski definition) is 2. The molecule has 0 atom stereocenters. The summed E-state index contributed by atoms with van der Waals surface area (Å²) in [5, 5.41) is 10.0. The normalized spacial score (nSPS) is 14.3. The number of methoxy groups -OCH3 is 1. The molecule has 0 spiro atoms. The molecule has 39 heavy (non-hydrogen) atoms. The van der Waals surface area contributed by atoms with Crippen LogP contribution in [0.15, 0.2) is 54.7 Å². The fourth-order valence-electron chi connectivity index (χ4n) is 4.11. The number of hydrogen-bond acceptors (Lipinski definition) is 6. The minimum absolute atomic E-state index is 0.0295. The number of carbonyl (C=O) groups excluding carboxylic acids is 1. The van der Waals surface area contributed by atoms with Crippen molar-refractivity contribution in [3.05, 3.63) is 71.7 Å². The number of aryl methyl sites for hydroxylation is 1. The molecular formula is C27H25F4N5O3. The van der Waals surface area contributed by atoms with E-state index in [4.69, 9.17) is 9.47 Å². The number of rotatable bonds is 9. The van der Waals surface area contributed by atoms with Crippen LogP contribution in [0.1, 0.15) is 35.2 Å². The van der Waals surface area contributed by atoms with E-state index in [1.165, 1.54) is 34.8 Å². The number of benzene rings is 2. The van der Waals surface area contributed by atoms with Gasteiger partial charge in [0.15, 0.2) is 5.65 Å².